The fourth-order valence-electron chi connectivity index (χ4n) is 3.48. The molecule has 0 aliphatic carbocycles. The molecule has 0 fully saturated rings. The van der Waals surface area contributed by atoms with Gasteiger partial charge in [0.25, 0.3) is 10.0 Å². The standard InChI is InChI=1S/C25H20ClN3O5S/c1-15-7-6-8-16(2)23(15)20-14-22(34-21-13-17(24(30)31)11-12-19(21)26)28-25(27-20)29-35(32,33)18-9-4-3-5-10-18/h3-14H,1-2H3,(H,30,31)(H,27,28,29). The molecule has 0 unspecified atom stereocenters. The second-order valence-electron chi connectivity index (χ2n) is 7.65. The summed E-state index contributed by atoms with van der Waals surface area (Å²) in [6, 6.07) is 19.1. The third-order valence-electron chi connectivity index (χ3n) is 5.11. The Labute approximate surface area is 207 Å². The van der Waals surface area contributed by atoms with Crippen LogP contribution < -0.4 is 9.46 Å². The summed E-state index contributed by atoms with van der Waals surface area (Å²) in [4.78, 5) is 20.1. The maximum absolute atomic E-state index is 12.9. The lowest BCUT2D eigenvalue weighted by Crippen LogP contribution is -2.15. The molecule has 0 saturated carbocycles. The number of carboxylic acid groups (broad SMARTS) is 1. The Bertz CT molecular complexity index is 1510. The molecule has 2 N–H and O–H groups in total. The van der Waals surface area contributed by atoms with Crippen molar-refractivity contribution in [3.8, 4) is 22.9 Å². The first-order valence-electron chi connectivity index (χ1n) is 10.4. The summed E-state index contributed by atoms with van der Waals surface area (Å²) in [5, 5.41) is 9.46. The summed E-state index contributed by atoms with van der Waals surface area (Å²) >= 11 is 6.21. The van der Waals surface area contributed by atoms with Crippen LogP contribution in [0, 0.1) is 13.8 Å². The molecule has 0 saturated heterocycles. The number of ether oxygens (including phenoxy) is 1. The zero-order valence-corrected chi connectivity index (χ0v) is 20.3. The minimum atomic E-state index is -3.98. The van der Waals surface area contributed by atoms with E-state index < -0.39 is 16.0 Å². The number of carbonyl (C=O) groups is 1. The highest BCUT2D eigenvalue weighted by molar-refractivity contribution is 7.92. The fourth-order valence-corrected chi connectivity index (χ4v) is 4.60. The molecule has 0 spiro atoms. The smallest absolute Gasteiger partial charge is 0.335 e. The van der Waals surface area contributed by atoms with Crippen LogP contribution in [0.1, 0.15) is 21.5 Å². The number of nitrogens with one attached hydrogen (secondary N) is 1. The summed E-state index contributed by atoms with van der Waals surface area (Å²) in [7, 11) is -3.98. The second kappa shape index (κ2) is 9.73. The monoisotopic (exact) mass is 509 g/mol. The molecule has 3 aromatic carbocycles. The molecule has 1 heterocycles. The zero-order valence-electron chi connectivity index (χ0n) is 18.7. The number of aryl methyl sites for hydroxylation is 2. The summed E-state index contributed by atoms with van der Waals surface area (Å²) in [5.74, 6) is -1.33. The van der Waals surface area contributed by atoms with Crippen LogP contribution in [0.2, 0.25) is 5.02 Å². The number of benzene rings is 3. The molecule has 0 bridgehead atoms. The van der Waals surface area contributed by atoms with Crippen LogP contribution in [-0.4, -0.2) is 29.5 Å². The van der Waals surface area contributed by atoms with Crippen LogP contribution in [-0.2, 0) is 10.0 Å². The predicted molar refractivity (Wildman–Crippen MR) is 133 cm³/mol. The van der Waals surface area contributed by atoms with E-state index in [0.29, 0.717) is 5.69 Å². The maximum atomic E-state index is 12.9. The third kappa shape index (κ3) is 5.42. The molecular formula is C25H20ClN3O5S. The Morgan fingerprint density at radius 2 is 1.63 bits per heavy atom. The average Bonchev–Trinajstić information content (AvgIpc) is 2.80. The number of nitrogens with zero attached hydrogens (tertiary/aromatic N) is 2. The molecule has 8 nitrogen and oxygen atoms in total. The minimum Gasteiger partial charge on any atom is -0.478 e. The number of hydrogen-bond acceptors (Lipinski definition) is 6. The van der Waals surface area contributed by atoms with E-state index in [9.17, 15) is 18.3 Å². The van der Waals surface area contributed by atoms with Crippen molar-refractivity contribution in [1.82, 2.24) is 9.97 Å². The van der Waals surface area contributed by atoms with Gasteiger partial charge in [0.1, 0.15) is 5.75 Å². The van der Waals surface area contributed by atoms with E-state index in [4.69, 9.17) is 16.3 Å². The van der Waals surface area contributed by atoms with E-state index in [-0.39, 0.29) is 33.1 Å². The zero-order chi connectivity index (χ0) is 25.2. The molecule has 0 amide bonds. The number of aromatic carboxylic acids is 1. The lowest BCUT2D eigenvalue weighted by Gasteiger charge is -2.14. The lowest BCUT2D eigenvalue weighted by atomic mass is 10.00. The van der Waals surface area contributed by atoms with Gasteiger partial charge in [0.15, 0.2) is 0 Å². The van der Waals surface area contributed by atoms with Crippen molar-refractivity contribution in [2.75, 3.05) is 4.72 Å². The molecule has 0 radical (unpaired) electrons. The minimum absolute atomic E-state index is 0.0205. The molecule has 10 heteroatoms. The Hall–Kier alpha value is -3.95. The molecule has 0 aliphatic heterocycles. The highest BCUT2D eigenvalue weighted by atomic mass is 35.5. The number of carboxylic acids is 1. The van der Waals surface area contributed by atoms with Crippen molar-refractivity contribution in [1.29, 1.82) is 0 Å². The first-order chi connectivity index (χ1) is 16.6. The van der Waals surface area contributed by atoms with Gasteiger partial charge in [0, 0.05) is 11.6 Å². The van der Waals surface area contributed by atoms with Gasteiger partial charge in [-0.3, -0.25) is 0 Å². The van der Waals surface area contributed by atoms with Gasteiger partial charge in [-0.1, -0.05) is 48.0 Å². The van der Waals surface area contributed by atoms with Gasteiger partial charge < -0.3 is 9.84 Å². The topological polar surface area (TPSA) is 118 Å². The van der Waals surface area contributed by atoms with Crippen molar-refractivity contribution in [3.63, 3.8) is 0 Å². The van der Waals surface area contributed by atoms with E-state index in [1.807, 2.05) is 32.0 Å². The van der Waals surface area contributed by atoms with Crippen molar-refractivity contribution in [3.05, 3.63) is 94.5 Å². The third-order valence-corrected chi connectivity index (χ3v) is 6.77. The molecule has 4 rings (SSSR count). The van der Waals surface area contributed by atoms with Crippen LogP contribution >= 0.6 is 11.6 Å². The number of rotatable bonds is 7. The highest BCUT2D eigenvalue weighted by Crippen LogP contribution is 2.34. The van der Waals surface area contributed by atoms with Crippen molar-refractivity contribution in [2.24, 2.45) is 0 Å². The highest BCUT2D eigenvalue weighted by Gasteiger charge is 2.19. The van der Waals surface area contributed by atoms with E-state index >= 15 is 0 Å². The van der Waals surface area contributed by atoms with E-state index in [0.717, 1.165) is 16.7 Å². The van der Waals surface area contributed by atoms with Gasteiger partial charge >= 0.3 is 5.97 Å². The quantitative estimate of drug-likeness (QED) is 0.327. The average molecular weight is 510 g/mol. The van der Waals surface area contributed by atoms with Gasteiger partial charge in [0.05, 0.1) is 21.2 Å². The Morgan fingerprint density at radius 3 is 2.29 bits per heavy atom. The van der Waals surface area contributed by atoms with Crippen LogP contribution in [0.25, 0.3) is 11.3 Å². The Balaban J connectivity index is 1.83. The SMILES string of the molecule is Cc1cccc(C)c1-c1cc(Oc2cc(C(=O)O)ccc2Cl)nc(NS(=O)(=O)c2ccccc2)n1. The molecule has 178 valence electrons. The Morgan fingerprint density at radius 1 is 0.943 bits per heavy atom. The number of hydrogen-bond donors (Lipinski definition) is 2. The largest absolute Gasteiger partial charge is 0.478 e. The van der Waals surface area contributed by atoms with Crippen LogP contribution in [0.3, 0.4) is 0 Å². The summed E-state index contributed by atoms with van der Waals surface area (Å²) in [6.45, 7) is 3.82. The Kier molecular flexibility index (Phi) is 6.72. The molecule has 1 aromatic heterocycles. The van der Waals surface area contributed by atoms with Gasteiger partial charge in [-0.05, 0) is 55.3 Å². The molecule has 4 aromatic rings. The van der Waals surface area contributed by atoms with E-state index in [2.05, 4.69) is 14.7 Å². The maximum Gasteiger partial charge on any atom is 0.335 e. The fraction of sp³-hybridized carbons (Fsp3) is 0.0800. The number of aromatic nitrogens is 2. The van der Waals surface area contributed by atoms with Gasteiger partial charge in [-0.25, -0.2) is 22.9 Å². The van der Waals surface area contributed by atoms with E-state index in [1.54, 1.807) is 24.3 Å². The summed E-state index contributed by atoms with van der Waals surface area (Å²) in [5.41, 5.74) is 3.00. The van der Waals surface area contributed by atoms with Gasteiger partial charge in [-0.15, -0.1) is 0 Å². The first kappa shape index (κ1) is 24.2. The molecule has 35 heavy (non-hydrogen) atoms. The second-order valence-corrected chi connectivity index (χ2v) is 9.74. The van der Waals surface area contributed by atoms with Gasteiger partial charge in [0.2, 0.25) is 11.8 Å². The van der Waals surface area contributed by atoms with Crippen LogP contribution in [0.5, 0.6) is 11.6 Å². The van der Waals surface area contributed by atoms with Crippen molar-refractivity contribution < 1.29 is 23.1 Å². The molecule has 0 aliphatic rings. The number of sulfonamides is 1. The lowest BCUT2D eigenvalue weighted by molar-refractivity contribution is 0.0696. The predicted octanol–water partition coefficient (Wildman–Crippen LogP) is 5.71. The first-order valence-corrected chi connectivity index (χ1v) is 12.2. The van der Waals surface area contributed by atoms with Crippen molar-refractivity contribution >= 4 is 33.5 Å². The summed E-state index contributed by atoms with van der Waals surface area (Å²) in [6.07, 6.45) is 0. The normalized spacial score (nSPS) is 11.2. The van der Waals surface area contributed by atoms with Crippen LogP contribution in [0.4, 0.5) is 5.95 Å². The molecular weight excluding hydrogens is 490 g/mol. The van der Waals surface area contributed by atoms with Crippen LogP contribution in [0.15, 0.2) is 77.7 Å². The van der Waals surface area contributed by atoms with E-state index in [1.165, 1.54) is 30.3 Å². The molecule has 0 atom stereocenters. The van der Waals surface area contributed by atoms with Gasteiger partial charge in [-0.2, -0.15) is 4.98 Å². The number of halogens is 1. The number of anilines is 1. The summed E-state index contributed by atoms with van der Waals surface area (Å²) < 4.78 is 34.0. The van der Waals surface area contributed by atoms with Crippen molar-refractivity contribution in [2.45, 2.75) is 18.7 Å².